The third-order valence-electron chi connectivity index (χ3n) is 4.32. The van der Waals surface area contributed by atoms with Crippen LogP contribution in [0.2, 0.25) is 0 Å². The monoisotopic (exact) mass is 354 g/mol. The van der Waals surface area contributed by atoms with Crippen molar-refractivity contribution in [1.82, 2.24) is 4.57 Å². The number of Topliss-reactive ketones (excluding diaryl/α,β-unsaturated/α-hetero) is 1. The molecule has 1 aliphatic rings. The molecule has 0 saturated heterocycles. The first-order chi connectivity index (χ1) is 12.5. The summed E-state index contributed by atoms with van der Waals surface area (Å²) in [6.45, 7) is -0.306. The van der Waals surface area contributed by atoms with Crippen LogP contribution in [-0.4, -0.2) is 29.3 Å². The molecule has 0 unspecified atom stereocenters. The number of ether oxygens (including phenoxy) is 1. The highest BCUT2D eigenvalue weighted by molar-refractivity contribution is 6.05. The number of anilines is 1. The molecule has 7 nitrogen and oxygen atoms in total. The van der Waals surface area contributed by atoms with E-state index in [1.165, 1.54) is 17.7 Å². The van der Waals surface area contributed by atoms with Crippen LogP contribution in [0.4, 0.5) is 5.69 Å². The summed E-state index contributed by atoms with van der Waals surface area (Å²) in [5.41, 5.74) is 0.692. The van der Waals surface area contributed by atoms with Gasteiger partial charge < -0.3 is 10.1 Å². The molecular weight excluding hydrogens is 336 g/mol. The van der Waals surface area contributed by atoms with Crippen LogP contribution in [-0.2, 0) is 22.5 Å². The maximum atomic E-state index is 12.8. The summed E-state index contributed by atoms with van der Waals surface area (Å²) in [4.78, 5) is 49.1. The Morgan fingerprint density at radius 1 is 1.15 bits per heavy atom. The van der Waals surface area contributed by atoms with Gasteiger partial charge in [-0.25, -0.2) is 0 Å². The molecule has 1 aromatic carbocycles. The average molecular weight is 354 g/mol. The van der Waals surface area contributed by atoms with Crippen molar-refractivity contribution >= 4 is 23.3 Å². The Balaban J connectivity index is 2.05. The van der Waals surface area contributed by atoms with E-state index < -0.39 is 17.4 Å². The number of benzene rings is 1. The Kier molecular flexibility index (Phi) is 4.97. The number of aromatic nitrogens is 1. The number of pyridine rings is 1. The van der Waals surface area contributed by atoms with Gasteiger partial charge in [0.25, 0.3) is 11.5 Å². The van der Waals surface area contributed by atoms with Gasteiger partial charge >= 0.3 is 5.97 Å². The third kappa shape index (κ3) is 3.42. The predicted molar refractivity (Wildman–Crippen MR) is 94.4 cm³/mol. The van der Waals surface area contributed by atoms with E-state index in [1.54, 1.807) is 30.3 Å². The zero-order valence-corrected chi connectivity index (χ0v) is 14.3. The summed E-state index contributed by atoms with van der Waals surface area (Å²) < 4.78 is 5.87. The molecule has 1 heterocycles. The van der Waals surface area contributed by atoms with Crippen molar-refractivity contribution in [2.45, 2.75) is 25.8 Å². The van der Waals surface area contributed by atoms with Crippen LogP contribution in [0.25, 0.3) is 0 Å². The van der Waals surface area contributed by atoms with Gasteiger partial charge in [0.2, 0.25) is 0 Å². The second kappa shape index (κ2) is 7.35. The first-order valence-corrected chi connectivity index (χ1v) is 8.24. The highest BCUT2D eigenvalue weighted by atomic mass is 16.5. The Morgan fingerprint density at radius 2 is 1.88 bits per heavy atom. The molecule has 0 aliphatic heterocycles. The molecule has 0 radical (unpaired) electrons. The van der Waals surface area contributed by atoms with Gasteiger partial charge in [0.05, 0.1) is 7.11 Å². The lowest BCUT2D eigenvalue weighted by Gasteiger charge is -2.21. The maximum absolute atomic E-state index is 12.8. The largest absolute Gasteiger partial charge is 0.468 e. The van der Waals surface area contributed by atoms with Crippen LogP contribution in [0.1, 0.15) is 39.3 Å². The molecule has 2 aromatic rings. The summed E-state index contributed by atoms with van der Waals surface area (Å²) in [6, 6.07) is 9.84. The molecule has 7 heteroatoms. The molecule has 0 fully saturated rings. The van der Waals surface area contributed by atoms with Crippen LogP contribution in [0.15, 0.2) is 41.2 Å². The van der Waals surface area contributed by atoms with Gasteiger partial charge in [-0.1, -0.05) is 18.2 Å². The van der Waals surface area contributed by atoms with Gasteiger partial charge in [-0.2, -0.15) is 0 Å². The van der Waals surface area contributed by atoms with Gasteiger partial charge in [0.1, 0.15) is 12.2 Å². The minimum Gasteiger partial charge on any atom is -0.468 e. The summed E-state index contributed by atoms with van der Waals surface area (Å²) in [5, 5.41) is 2.55. The summed E-state index contributed by atoms with van der Waals surface area (Å²) in [5.74, 6) is -1.17. The normalized spacial score (nSPS) is 13.0. The number of ketones is 1. The van der Waals surface area contributed by atoms with Gasteiger partial charge in [-0.3, -0.25) is 23.7 Å². The number of methoxy groups -OCH3 is 1. The number of rotatable bonds is 4. The van der Waals surface area contributed by atoms with E-state index in [0.717, 1.165) is 0 Å². The standard InChI is InChI=1S/C19H18N2O5/c1-26-17(23)11-21-15-8-5-9-16(22)13(15)10-14(19(21)25)20-18(24)12-6-3-2-4-7-12/h2-4,6-7,10H,5,8-9,11H2,1H3,(H,20,24). The lowest BCUT2D eigenvalue weighted by atomic mass is 9.94. The number of amides is 1. The van der Waals surface area contributed by atoms with E-state index in [0.29, 0.717) is 36.1 Å². The molecule has 3 rings (SSSR count). The van der Waals surface area contributed by atoms with E-state index in [2.05, 4.69) is 10.1 Å². The van der Waals surface area contributed by atoms with Crippen LogP contribution < -0.4 is 10.9 Å². The lowest BCUT2D eigenvalue weighted by molar-refractivity contribution is -0.141. The number of carbonyl (C=O) groups is 3. The number of fused-ring (bicyclic) bond motifs is 1. The van der Waals surface area contributed by atoms with Crippen molar-refractivity contribution in [2.75, 3.05) is 12.4 Å². The summed E-state index contributed by atoms with van der Waals surface area (Å²) >= 11 is 0. The van der Waals surface area contributed by atoms with Crippen molar-refractivity contribution in [3.63, 3.8) is 0 Å². The maximum Gasteiger partial charge on any atom is 0.325 e. The third-order valence-corrected chi connectivity index (χ3v) is 4.32. The van der Waals surface area contributed by atoms with Gasteiger partial charge in [-0.05, 0) is 31.0 Å². The Labute approximate surface area is 149 Å². The SMILES string of the molecule is COC(=O)Cn1c2c(cc(NC(=O)c3ccccc3)c1=O)C(=O)CCC2. The predicted octanol–water partition coefficient (Wildman–Crippen LogP) is 1.79. The van der Waals surface area contributed by atoms with Gasteiger partial charge in [-0.15, -0.1) is 0 Å². The number of hydrogen-bond acceptors (Lipinski definition) is 5. The van der Waals surface area contributed by atoms with E-state index in [1.807, 2.05) is 0 Å². The highest BCUT2D eigenvalue weighted by Gasteiger charge is 2.25. The van der Waals surface area contributed by atoms with Crippen molar-refractivity contribution in [3.8, 4) is 0 Å². The fraction of sp³-hybridized carbons (Fsp3) is 0.263. The average Bonchev–Trinajstić information content (AvgIpc) is 2.66. The van der Waals surface area contributed by atoms with Gasteiger partial charge in [0.15, 0.2) is 5.78 Å². The van der Waals surface area contributed by atoms with Gasteiger partial charge in [0, 0.05) is 23.2 Å². The highest BCUT2D eigenvalue weighted by Crippen LogP contribution is 2.22. The fourth-order valence-corrected chi connectivity index (χ4v) is 3.00. The Morgan fingerprint density at radius 3 is 2.58 bits per heavy atom. The summed E-state index contributed by atoms with van der Waals surface area (Å²) in [7, 11) is 1.23. The topological polar surface area (TPSA) is 94.5 Å². The van der Waals surface area contributed by atoms with E-state index in [-0.39, 0.29) is 18.0 Å². The Bertz CT molecular complexity index is 931. The molecule has 0 spiro atoms. The van der Waals surface area contributed by atoms with E-state index in [4.69, 9.17) is 0 Å². The second-order valence-corrected chi connectivity index (χ2v) is 5.98. The second-order valence-electron chi connectivity index (χ2n) is 5.98. The zero-order chi connectivity index (χ0) is 18.7. The molecule has 1 N–H and O–H groups in total. The molecule has 1 aliphatic carbocycles. The Hall–Kier alpha value is -3.22. The lowest BCUT2D eigenvalue weighted by Crippen LogP contribution is -2.34. The fourth-order valence-electron chi connectivity index (χ4n) is 3.00. The van der Waals surface area contributed by atoms with E-state index in [9.17, 15) is 19.2 Å². The molecule has 0 bridgehead atoms. The van der Waals surface area contributed by atoms with Crippen LogP contribution in [0.5, 0.6) is 0 Å². The summed E-state index contributed by atoms with van der Waals surface area (Å²) in [6.07, 6.45) is 1.50. The van der Waals surface area contributed by atoms with Crippen molar-refractivity contribution in [3.05, 3.63) is 63.6 Å². The number of hydrogen-bond donors (Lipinski definition) is 1. The molecule has 26 heavy (non-hydrogen) atoms. The molecule has 0 atom stereocenters. The quantitative estimate of drug-likeness (QED) is 0.845. The molecule has 1 aromatic heterocycles. The number of nitrogens with one attached hydrogen (secondary N) is 1. The van der Waals surface area contributed by atoms with Crippen LogP contribution >= 0.6 is 0 Å². The number of carbonyl (C=O) groups excluding carboxylic acids is 3. The molecule has 0 saturated carbocycles. The molecule has 1 amide bonds. The molecule has 134 valence electrons. The van der Waals surface area contributed by atoms with Crippen LogP contribution in [0, 0.1) is 0 Å². The van der Waals surface area contributed by atoms with Crippen molar-refractivity contribution < 1.29 is 19.1 Å². The minimum absolute atomic E-state index is 0.0308. The van der Waals surface area contributed by atoms with Crippen molar-refractivity contribution in [2.24, 2.45) is 0 Å². The zero-order valence-electron chi connectivity index (χ0n) is 14.3. The molecular formula is C19H18N2O5. The smallest absolute Gasteiger partial charge is 0.325 e. The first kappa shape index (κ1) is 17.6. The first-order valence-electron chi connectivity index (χ1n) is 8.24. The van der Waals surface area contributed by atoms with Crippen molar-refractivity contribution in [1.29, 1.82) is 0 Å². The number of esters is 1. The van der Waals surface area contributed by atoms with Crippen LogP contribution in [0.3, 0.4) is 0 Å². The minimum atomic E-state index is -0.598. The van der Waals surface area contributed by atoms with E-state index >= 15 is 0 Å². The number of nitrogens with zero attached hydrogens (tertiary/aromatic N) is 1.